The van der Waals surface area contributed by atoms with Gasteiger partial charge in [-0.2, -0.15) is 0 Å². The number of carbonyl (C=O) groups is 1. The maximum atomic E-state index is 11.9. The van der Waals surface area contributed by atoms with E-state index in [4.69, 9.17) is 16.7 Å². The van der Waals surface area contributed by atoms with Gasteiger partial charge in [-0.3, -0.25) is 4.79 Å². The Kier molecular flexibility index (Phi) is 9.55. The van der Waals surface area contributed by atoms with Crippen LogP contribution in [0, 0.1) is 0 Å². The molecule has 118 valence electrons. The van der Waals surface area contributed by atoms with E-state index in [9.17, 15) is 4.79 Å². The molecule has 0 heterocycles. The van der Waals surface area contributed by atoms with Crippen LogP contribution in [0.2, 0.25) is 5.02 Å². The van der Waals surface area contributed by atoms with Crippen molar-refractivity contribution in [1.29, 1.82) is 0 Å². The summed E-state index contributed by atoms with van der Waals surface area (Å²) in [7, 11) is 1.85. The first-order chi connectivity index (χ1) is 10.1. The number of aliphatic hydroxyl groups is 1. The van der Waals surface area contributed by atoms with Crippen molar-refractivity contribution in [2.24, 2.45) is 0 Å². The Labute approximate surface area is 136 Å². The fraction of sp³-hybridized carbons (Fsp3) is 0.562. The van der Waals surface area contributed by atoms with Gasteiger partial charge in [-0.15, -0.1) is 11.8 Å². The zero-order valence-corrected chi connectivity index (χ0v) is 14.1. The van der Waals surface area contributed by atoms with E-state index >= 15 is 0 Å². The van der Waals surface area contributed by atoms with Crippen molar-refractivity contribution in [3.8, 4) is 0 Å². The van der Waals surface area contributed by atoms with E-state index in [2.05, 4.69) is 0 Å². The van der Waals surface area contributed by atoms with E-state index in [0.717, 1.165) is 43.0 Å². The molecular weight excluding hydrogens is 306 g/mol. The third-order valence-corrected chi connectivity index (χ3v) is 4.55. The minimum absolute atomic E-state index is 0.204. The van der Waals surface area contributed by atoms with Gasteiger partial charge in [0.05, 0.1) is 0 Å². The van der Waals surface area contributed by atoms with E-state index in [-0.39, 0.29) is 12.5 Å². The number of nitrogens with zero attached hydrogens (tertiary/aromatic N) is 1. The summed E-state index contributed by atoms with van der Waals surface area (Å²) in [5.74, 6) is 1.14. The predicted octanol–water partition coefficient (Wildman–Crippen LogP) is 3.83. The highest BCUT2D eigenvalue weighted by Gasteiger charge is 2.07. The molecule has 3 nitrogen and oxygen atoms in total. The molecular formula is C16H24ClNO2S. The molecule has 0 atom stereocenters. The monoisotopic (exact) mass is 329 g/mol. The standard InChI is InChI=1S/C16H24ClNO2S/c1-18(11-3-2-4-12-19)16(20)6-5-13-21-15-9-7-14(17)8-10-15/h7-10,19H,2-6,11-13H2,1H3. The topological polar surface area (TPSA) is 40.5 Å². The first-order valence-electron chi connectivity index (χ1n) is 7.36. The summed E-state index contributed by atoms with van der Waals surface area (Å²) < 4.78 is 0. The number of unbranched alkanes of at least 4 members (excludes halogenated alkanes) is 2. The summed E-state index contributed by atoms with van der Waals surface area (Å²) in [4.78, 5) is 14.9. The van der Waals surface area contributed by atoms with Crippen LogP contribution in [0.3, 0.4) is 0 Å². The number of carbonyl (C=O) groups excluding carboxylic acids is 1. The molecule has 1 aromatic carbocycles. The van der Waals surface area contributed by atoms with Crippen molar-refractivity contribution in [3.05, 3.63) is 29.3 Å². The van der Waals surface area contributed by atoms with E-state index in [0.29, 0.717) is 6.42 Å². The second-order valence-corrected chi connectivity index (χ2v) is 6.61. The van der Waals surface area contributed by atoms with Crippen molar-refractivity contribution in [3.63, 3.8) is 0 Å². The summed E-state index contributed by atoms with van der Waals surface area (Å²) in [5.41, 5.74) is 0. The Morgan fingerprint density at radius 3 is 2.57 bits per heavy atom. The Morgan fingerprint density at radius 1 is 1.19 bits per heavy atom. The van der Waals surface area contributed by atoms with Gasteiger partial charge in [-0.1, -0.05) is 11.6 Å². The number of rotatable bonds is 10. The molecule has 0 unspecified atom stereocenters. The highest BCUT2D eigenvalue weighted by molar-refractivity contribution is 7.99. The maximum Gasteiger partial charge on any atom is 0.222 e. The summed E-state index contributed by atoms with van der Waals surface area (Å²) in [6.07, 6.45) is 4.23. The molecule has 0 spiro atoms. The average molecular weight is 330 g/mol. The maximum absolute atomic E-state index is 11.9. The molecule has 1 N–H and O–H groups in total. The fourth-order valence-corrected chi connectivity index (χ4v) is 2.88. The van der Waals surface area contributed by atoms with Gasteiger partial charge in [-0.25, -0.2) is 0 Å². The summed E-state index contributed by atoms with van der Waals surface area (Å²) >= 11 is 7.59. The first-order valence-corrected chi connectivity index (χ1v) is 8.73. The van der Waals surface area contributed by atoms with Gasteiger partial charge in [0, 0.05) is 36.5 Å². The minimum atomic E-state index is 0.204. The zero-order chi connectivity index (χ0) is 15.5. The fourth-order valence-electron chi connectivity index (χ4n) is 1.90. The van der Waals surface area contributed by atoms with E-state index < -0.39 is 0 Å². The van der Waals surface area contributed by atoms with Gasteiger partial charge in [-0.05, 0) is 55.7 Å². The lowest BCUT2D eigenvalue weighted by Crippen LogP contribution is -2.27. The molecule has 1 aromatic rings. The van der Waals surface area contributed by atoms with Crippen LogP contribution in [0.15, 0.2) is 29.2 Å². The highest BCUT2D eigenvalue weighted by atomic mass is 35.5. The lowest BCUT2D eigenvalue weighted by molar-refractivity contribution is -0.129. The lowest BCUT2D eigenvalue weighted by Gasteiger charge is -2.16. The van der Waals surface area contributed by atoms with Gasteiger partial charge >= 0.3 is 0 Å². The molecule has 0 aliphatic rings. The predicted molar refractivity (Wildman–Crippen MR) is 90.0 cm³/mol. The Morgan fingerprint density at radius 2 is 1.90 bits per heavy atom. The van der Waals surface area contributed by atoms with Crippen LogP contribution in [0.25, 0.3) is 0 Å². The van der Waals surface area contributed by atoms with Gasteiger partial charge in [0.15, 0.2) is 0 Å². The smallest absolute Gasteiger partial charge is 0.222 e. The van der Waals surface area contributed by atoms with Gasteiger partial charge in [0.25, 0.3) is 0 Å². The average Bonchev–Trinajstić information content (AvgIpc) is 2.49. The molecule has 1 rings (SSSR count). The van der Waals surface area contributed by atoms with Crippen LogP contribution in [0.1, 0.15) is 32.1 Å². The van der Waals surface area contributed by atoms with Gasteiger partial charge in [0.2, 0.25) is 5.91 Å². The van der Waals surface area contributed by atoms with Gasteiger partial charge in [0.1, 0.15) is 0 Å². The highest BCUT2D eigenvalue weighted by Crippen LogP contribution is 2.21. The molecule has 1 amide bonds. The van der Waals surface area contributed by atoms with Crippen molar-refractivity contribution in [1.82, 2.24) is 4.90 Å². The first kappa shape index (κ1) is 18.3. The third kappa shape index (κ3) is 8.34. The lowest BCUT2D eigenvalue weighted by atomic mass is 10.2. The Bertz CT molecular complexity index is 411. The quantitative estimate of drug-likeness (QED) is 0.524. The largest absolute Gasteiger partial charge is 0.396 e. The van der Waals surface area contributed by atoms with Crippen molar-refractivity contribution in [2.45, 2.75) is 37.0 Å². The number of thioether (sulfide) groups is 1. The molecule has 0 aliphatic carbocycles. The van der Waals surface area contributed by atoms with E-state index in [1.54, 1.807) is 16.7 Å². The second kappa shape index (κ2) is 10.9. The zero-order valence-electron chi connectivity index (χ0n) is 12.6. The summed E-state index contributed by atoms with van der Waals surface area (Å²) in [6, 6.07) is 7.77. The molecule has 0 aromatic heterocycles. The van der Waals surface area contributed by atoms with E-state index in [1.807, 2.05) is 31.3 Å². The van der Waals surface area contributed by atoms with Crippen LogP contribution in [-0.2, 0) is 4.79 Å². The van der Waals surface area contributed by atoms with Crippen LogP contribution in [-0.4, -0.2) is 41.9 Å². The summed E-state index contributed by atoms with van der Waals surface area (Å²) in [6.45, 7) is 1.02. The van der Waals surface area contributed by atoms with Crippen LogP contribution in [0.5, 0.6) is 0 Å². The molecule has 0 radical (unpaired) electrons. The SMILES string of the molecule is CN(CCCCCO)C(=O)CCCSc1ccc(Cl)cc1. The van der Waals surface area contributed by atoms with Crippen molar-refractivity contribution >= 4 is 29.3 Å². The number of halogens is 1. The van der Waals surface area contributed by atoms with Gasteiger partial charge < -0.3 is 10.0 Å². The molecule has 21 heavy (non-hydrogen) atoms. The molecule has 5 heteroatoms. The Hall–Kier alpha value is -0.710. The minimum Gasteiger partial charge on any atom is -0.396 e. The molecule has 0 saturated heterocycles. The van der Waals surface area contributed by atoms with E-state index in [1.165, 1.54) is 4.90 Å². The van der Waals surface area contributed by atoms with Crippen LogP contribution >= 0.6 is 23.4 Å². The number of aliphatic hydroxyl groups excluding tert-OH is 1. The Balaban J connectivity index is 2.10. The second-order valence-electron chi connectivity index (χ2n) is 5.01. The van der Waals surface area contributed by atoms with Crippen LogP contribution < -0.4 is 0 Å². The molecule has 0 fully saturated rings. The van der Waals surface area contributed by atoms with Crippen molar-refractivity contribution < 1.29 is 9.90 Å². The number of amides is 1. The van der Waals surface area contributed by atoms with Crippen LogP contribution in [0.4, 0.5) is 0 Å². The third-order valence-electron chi connectivity index (χ3n) is 3.19. The normalized spacial score (nSPS) is 10.6. The molecule has 0 aliphatic heterocycles. The number of hydrogen-bond donors (Lipinski definition) is 1. The summed E-state index contributed by atoms with van der Waals surface area (Å²) in [5, 5.41) is 9.45. The van der Waals surface area contributed by atoms with Crippen molar-refractivity contribution in [2.75, 3.05) is 26.0 Å². The molecule has 0 bridgehead atoms. The number of hydrogen-bond acceptors (Lipinski definition) is 3. The molecule has 0 saturated carbocycles. The number of benzene rings is 1.